The lowest BCUT2D eigenvalue weighted by Gasteiger charge is -2.07. The SMILES string of the molecule is Cc1cccnc1CNC(=O)c1cc([N+](=O)[O-])ccc1F. The highest BCUT2D eigenvalue weighted by atomic mass is 19.1. The number of non-ortho nitro benzene ring substituents is 1. The third-order valence-electron chi connectivity index (χ3n) is 2.94. The van der Waals surface area contributed by atoms with Gasteiger partial charge in [-0.3, -0.25) is 19.9 Å². The predicted octanol–water partition coefficient (Wildman–Crippen LogP) is 2.37. The van der Waals surface area contributed by atoms with E-state index in [1.165, 1.54) is 0 Å². The minimum atomic E-state index is -0.809. The molecule has 0 unspecified atom stereocenters. The zero-order valence-electron chi connectivity index (χ0n) is 11.2. The van der Waals surface area contributed by atoms with Crippen LogP contribution < -0.4 is 5.32 Å². The summed E-state index contributed by atoms with van der Waals surface area (Å²) in [6, 6.07) is 6.42. The van der Waals surface area contributed by atoms with E-state index in [4.69, 9.17) is 0 Å². The molecule has 0 bridgehead atoms. The van der Waals surface area contributed by atoms with E-state index in [-0.39, 0.29) is 17.8 Å². The number of benzene rings is 1. The molecule has 0 radical (unpaired) electrons. The summed E-state index contributed by atoms with van der Waals surface area (Å²) in [7, 11) is 0. The number of halogens is 1. The molecule has 7 heteroatoms. The molecule has 0 aliphatic carbocycles. The molecule has 2 aromatic rings. The Hall–Kier alpha value is -2.83. The molecule has 0 aliphatic heterocycles. The molecule has 1 amide bonds. The number of rotatable bonds is 4. The zero-order valence-corrected chi connectivity index (χ0v) is 11.2. The van der Waals surface area contributed by atoms with Crippen molar-refractivity contribution in [3.8, 4) is 0 Å². The summed E-state index contributed by atoms with van der Waals surface area (Å²) < 4.78 is 13.6. The monoisotopic (exact) mass is 289 g/mol. The van der Waals surface area contributed by atoms with Crippen molar-refractivity contribution in [3.05, 3.63) is 69.3 Å². The Kier molecular flexibility index (Phi) is 4.22. The largest absolute Gasteiger partial charge is 0.346 e. The summed E-state index contributed by atoms with van der Waals surface area (Å²) in [6.45, 7) is 1.95. The minimum absolute atomic E-state index is 0.119. The lowest BCUT2D eigenvalue weighted by atomic mass is 10.1. The molecule has 2 rings (SSSR count). The molecule has 21 heavy (non-hydrogen) atoms. The molecule has 1 aromatic heterocycles. The normalized spacial score (nSPS) is 10.2. The number of amides is 1. The van der Waals surface area contributed by atoms with E-state index in [0.29, 0.717) is 5.69 Å². The molecule has 0 saturated carbocycles. The van der Waals surface area contributed by atoms with Crippen molar-refractivity contribution in [2.45, 2.75) is 13.5 Å². The molecule has 108 valence electrons. The van der Waals surface area contributed by atoms with Gasteiger partial charge in [-0.25, -0.2) is 4.39 Å². The highest BCUT2D eigenvalue weighted by Gasteiger charge is 2.17. The lowest BCUT2D eigenvalue weighted by Crippen LogP contribution is -2.24. The van der Waals surface area contributed by atoms with Crippen LogP contribution in [0.3, 0.4) is 0 Å². The average molecular weight is 289 g/mol. The first kappa shape index (κ1) is 14.6. The van der Waals surface area contributed by atoms with Gasteiger partial charge in [-0.05, 0) is 24.6 Å². The number of nitro groups is 1. The second-order valence-electron chi connectivity index (χ2n) is 4.37. The molecular weight excluding hydrogens is 277 g/mol. The van der Waals surface area contributed by atoms with Crippen LogP contribution in [0.15, 0.2) is 36.5 Å². The minimum Gasteiger partial charge on any atom is -0.346 e. The topological polar surface area (TPSA) is 85.1 Å². The van der Waals surface area contributed by atoms with Gasteiger partial charge in [0, 0.05) is 18.3 Å². The second-order valence-corrected chi connectivity index (χ2v) is 4.37. The van der Waals surface area contributed by atoms with Gasteiger partial charge in [0.2, 0.25) is 0 Å². The first-order valence-corrected chi connectivity index (χ1v) is 6.11. The van der Waals surface area contributed by atoms with Crippen LogP contribution in [0.1, 0.15) is 21.6 Å². The van der Waals surface area contributed by atoms with Crippen molar-refractivity contribution in [2.75, 3.05) is 0 Å². The van der Waals surface area contributed by atoms with Gasteiger partial charge >= 0.3 is 0 Å². The maximum atomic E-state index is 13.6. The van der Waals surface area contributed by atoms with Crippen LogP contribution in [0.25, 0.3) is 0 Å². The number of nitro benzene ring substituents is 1. The standard InChI is InChI=1S/C14H12FN3O3/c1-9-3-2-6-16-13(9)8-17-14(19)11-7-10(18(20)21)4-5-12(11)15/h2-7H,8H2,1H3,(H,17,19). The zero-order chi connectivity index (χ0) is 15.4. The third kappa shape index (κ3) is 3.38. The van der Waals surface area contributed by atoms with Gasteiger partial charge in [0.05, 0.1) is 22.7 Å². The summed E-state index contributed by atoms with van der Waals surface area (Å²) in [5, 5.41) is 13.2. The Morgan fingerprint density at radius 2 is 2.19 bits per heavy atom. The van der Waals surface area contributed by atoms with Crippen molar-refractivity contribution < 1.29 is 14.1 Å². The number of nitrogens with zero attached hydrogens (tertiary/aromatic N) is 2. The Balaban J connectivity index is 2.15. The Labute approximate surface area is 119 Å². The summed E-state index contributed by atoms with van der Waals surface area (Å²) in [4.78, 5) is 26.0. The van der Waals surface area contributed by atoms with Crippen LogP contribution >= 0.6 is 0 Å². The van der Waals surface area contributed by atoms with Gasteiger partial charge < -0.3 is 5.32 Å². The number of hydrogen-bond acceptors (Lipinski definition) is 4. The van der Waals surface area contributed by atoms with Crippen LogP contribution in [0.5, 0.6) is 0 Å². The van der Waals surface area contributed by atoms with Gasteiger partial charge in [0.15, 0.2) is 0 Å². The number of aryl methyl sites for hydroxylation is 1. The molecule has 1 N–H and O–H groups in total. The average Bonchev–Trinajstić information content (AvgIpc) is 2.46. The first-order valence-electron chi connectivity index (χ1n) is 6.11. The fourth-order valence-electron chi connectivity index (χ4n) is 1.76. The van der Waals surface area contributed by atoms with Crippen LogP contribution in [-0.4, -0.2) is 15.8 Å². The summed E-state index contributed by atoms with van der Waals surface area (Å²) in [6.07, 6.45) is 1.59. The van der Waals surface area contributed by atoms with E-state index >= 15 is 0 Å². The van der Waals surface area contributed by atoms with Crippen molar-refractivity contribution in [3.63, 3.8) is 0 Å². The number of carbonyl (C=O) groups is 1. The molecule has 0 atom stereocenters. The summed E-state index contributed by atoms with van der Waals surface area (Å²) in [5.41, 5.74) is 0.836. The third-order valence-corrected chi connectivity index (χ3v) is 2.94. The van der Waals surface area contributed by atoms with E-state index in [0.717, 1.165) is 23.8 Å². The van der Waals surface area contributed by atoms with E-state index in [1.807, 2.05) is 13.0 Å². The fraction of sp³-hybridized carbons (Fsp3) is 0.143. The quantitative estimate of drug-likeness (QED) is 0.691. The van der Waals surface area contributed by atoms with Crippen molar-refractivity contribution in [1.29, 1.82) is 0 Å². The van der Waals surface area contributed by atoms with Crippen LogP contribution in [0, 0.1) is 22.9 Å². The number of nitrogens with one attached hydrogen (secondary N) is 1. The Bertz CT molecular complexity index is 704. The van der Waals surface area contributed by atoms with Gasteiger partial charge in [0.1, 0.15) is 5.82 Å². The van der Waals surface area contributed by atoms with Crippen LogP contribution in [0.2, 0.25) is 0 Å². The number of carbonyl (C=O) groups excluding carboxylic acids is 1. The maximum Gasteiger partial charge on any atom is 0.270 e. The highest BCUT2D eigenvalue weighted by Crippen LogP contribution is 2.17. The lowest BCUT2D eigenvalue weighted by molar-refractivity contribution is -0.384. The smallest absolute Gasteiger partial charge is 0.270 e. The fourth-order valence-corrected chi connectivity index (χ4v) is 1.76. The van der Waals surface area contributed by atoms with E-state index < -0.39 is 16.6 Å². The van der Waals surface area contributed by atoms with Crippen molar-refractivity contribution >= 4 is 11.6 Å². The highest BCUT2D eigenvalue weighted by molar-refractivity contribution is 5.95. The van der Waals surface area contributed by atoms with Crippen LogP contribution in [-0.2, 0) is 6.54 Å². The van der Waals surface area contributed by atoms with Gasteiger partial charge in [-0.2, -0.15) is 0 Å². The van der Waals surface area contributed by atoms with Crippen LogP contribution in [0.4, 0.5) is 10.1 Å². The first-order chi connectivity index (χ1) is 9.99. The van der Waals surface area contributed by atoms with Crippen molar-refractivity contribution in [1.82, 2.24) is 10.3 Å². The van der Waals surface area contributed by atoms with Gasteiger partial charge in [0.25, 0.3) is 11.6 Å². The Morgan fingerprint density at radius 1 is 1.43 bits per heavy atom. The molecule has 0 spiro atoms. The molecular formula is C14H12FN3O3. The Morgan fingerprint density at radius 3 is 2.86 bits per heavy atom. The van der Waals surface area contributed by atoms with E-state index in [9.17, 15) is 19.3 Å². The van der Waals surface area contributed by atoms with Gasteiger partial charge in [-0.1, -0.05) is 6.07 Å². The molecule has 6 nitrogen and oxygen atoms in total. The van der Waals surface area contributed by atoms with Crippen molar-refractivity contribution in [2.24, 2.45) is 0 Å². The molecule has 1 aromatic carbocycles. The number of pyridine rings is 1. The number of hydrogen-bond donors (Lipinski definition) is 1. The molecule has 0 aliphatic rings. The number of aromatic nitrogens is 1. The predicted molar refractivity (Wildman–Crippen MR) is 73.2 cm³/mol. The maximum absolute atomic E-state index is 13.6. The molecule has 0 fully saturated rings. The molecule has 0 saturated heterocycles. The second kappa shape index (κ2) is 6.08. The summed E-state index contributed by atoms with van der Waals surface area (Å²) >= 11 is 0. The van der Waals surface area contributed by atoms with E-state index in [2.05, 4.69) is 10.3 Å². The summed E-state index contributed by atoms with van der Waals surface area (Å²) in [5.74, 6) is -1.53. The molecule has 1 heterocycles. The van der Waals surface area contributed by atoms with Gasteiger partial charge in [-0.15, -0.1) is 0 Å². The van der Waals surface area contributed by atoms with E-state index in [1.54, 1.807) is 12.3 Å².